The minimum Gasteiger partial charge on any atom is -0.343 e. The highest BCUT2D eigenvalue weighted by molar-refractivity contribution is 5.76. The van der Waals surface area contributed by atoms with Crippen LogP contribution in [0.1, 0.15) is 70.6 Å². The molecule has 0 spiro atoms. The van der Waals surface area contributed by atoms with Crippen molar-refractivity contribution >= 4 is 5.91 Å². The predicted octanol–water partition coefficient (Wildman–Crippen LogP) is 4.31. The normalized spacial score (nSPS) is 16.0. The number of rotatable bonds is 10. The first kappa shape index (κ1) is 15.3. The average molecular weight is 251 g/mol. The van der Waals surface area contributed by atoms with Crippen LogP contribution >= 0.6 is 0 Å². The van der Waals surface area contributed by atoms with E-state index in [0.717, 1.165) is 32.4 Å². The maximum absolute atomic E-state index is 11.6. The number of piperidine rings is 1. The smallest absolute Gasteiger partial charge is 0.222 e. The van der Waals surface area contributed by atoms with Crippen molar-refractivity contribution in [3.8, 4) is 0 Å². The van der Waals surface area contributed by atoms with Gasteiger partial charge in [-0.2, -0.15) is 0 Å². The van der Waals surface area contributed by atoms with Crippen molar-refractivity contribution < 1.29 is 4.79 Å². The van der Waals surface area contributed by atoms with Crippen molar-refractivity contribution in [2.45, 2.75) is 70.6 Å². The van der Waals surface area contributed by atoms with Crippen LogP contribution in [-0.2, 0) is 4.79 Å². The van der Waals surface area contributed by atoms with Gasteiger partial charge < -0.3 is 4.90 Å². The number of allylic oxidation sites excluding steroid dienone is 1. The van der Waals surface area contributed by atoms with E-state index < -0.39 is 0 Å². The van der Waals surface area contributed by atoms with Crippen LogP contribution in [0, 0.1) is 0 Å². The summed E-state index contributed by atoms with van der Waals surface area (Å²) in [6, 6.07) is 0. The first-order chi connectivity index (χ1) is 8.84. The largest absolute Gasteiger partial charge is 0.343 e. The molecule has 0 aromatic carbocycles. The van der Waals surface area contributed by atoms with Crippen LogP contribution in [0.3, 0.4) is 0 Å². The monoisotopic (exact) mass is 251 g/mol. The molecule has 1 aliphatic heterocycles. The molecule has 0 atom stereocenters. The van der Waals surface area contributed by atoms with Crippen LogP contribution < -0.4 is 0 Å². The first-order valence-corrected chi connectivity index (χ1v) is 7.73. The number of carbonyl (C=O) groups is 1. The van der Waals surface area contributed by atoms with Crippen LogP contribution in [0.2, 0.25) is 0 Å². The van der Waals surface area contributed by atoms with Crippen molar-refractivity contribution in [3.05, 3.63) is 12.7 Å². The summed E-state index contributed by atoms with van der Waals surface area (Å²) in [7, 11) is 0. The Bertz CT molecular complexity index is 237. The highest BCUT2D eigenvalue weighted by atomic mass is 16.2. The van der Waals surface area contributed by atoms with Gasteiger partial charge in [0.1, 0.15) is 0 Å². The van der Waals surface area contributed by atoms with E-state index in [9.17, 15) is 4.79 Å². The lowest BCUT2D eigenvalue weighted by Gasteiger charge is -2.26. The summed E-state index contributed by atoms with van der Waals surface area (Å²) < 4.78 is 0. The van der Waals surface area contributed by atoms with Gasteiger partial charge in [-0.05, 0) is 32.1 Å². The van der Waals surface area contributed by atoms with Crippen molar-refractivity contribution in [3.63, 3.8) is 0 Å². The number of hydrogen-bond acceptors (Lipinski definition) is 1. The highest BCUT2D eigenvalue weighted by Gasteiger charge is 2.16. The molecule has 0 aliphatic carbocycles. The Morgan fingerprint density at radius 2 is 1.67 bits per heavy atom. The van der Waals surface area contributed by atoms with Gasteiger partial charge in [0.15, 0.2) is 0 Å². The molecule has 1 amide bonds. The molecule has 2 heteroatoms. The quantitative estimate of drug-likeness (QED) is 0.418. The molecule has 0 radical (unpaired) electrons. The fourth-order valence-electron chi connectivity index (χ4n) is 2.57. The molecular formula is C16H29NO. The topological polar surface area (TPSA) is 20.3 Å². The summed E-state index contributed by atoms with van der Waals surface area (Å²) in [6.45, 7) is 5.73. The molecule has 1 rings (SSSR count). The van der Waals surface area contributed by atoms with Gasteiger partial charge in [0.2, 0.25) is 5.91 Å². The molecule has 2 nitrogen and oxygen atoms in total. The third kappa shape index (κ3) is 6.83. The molecule has 0 aromatic rings. The Labute approximate surface area is 112 Å². The number of hydrogen-bond donors (Lipinski definition) is 0. The zero-order valence-corrected chi connectivity index (χ0v) is 11.8. The maximum atomic E-state index is 11.6. The lowest BCUT2D eigenvalue weighted by molar-refractivity contribution is -0.133. The summed E-state index contributed by atoms with van der Waals surface area (Å²) in [5, 5.41) is 0. The Morgan fingerprint density at radius 3 is 2.33 bits per heavy atom. The minimum absolute atomic E-state index is 0.380. The maximum Gasteiger partial charge on any atom is 0.222 e. The van der Waals surface area contributed by atoms with Crippen molar-refractivity contribution in [1.82, 2.24) is 4.90 Å². The zero-order valence-electron chi connectivity index (χ0n) is 11.8. The number of carbonyl (C=O) groups excluding carboxylic acids is 1. The first-order valence-electron chi connectivity index (χ1n) is 7.73. The summed E-state index contributed by atoms with van der Waals surface area (Å²) in [5.74, 6) is 0.380. The Kier molecular flexibility index (Phi) is 8.62. The van der Waals surface area contributed by atoms with Gasteiger partial charge in [0, 0.05) is 19.5 Å². The van der Waals surface area contributed by atoms with Crippen LogP contribution in [0.15, 0.2) is 12.7 Å². The van der Waals surface area contributed by atoms with E-state index in [2.05, 4.69) is 11.5 Å². The average Bonchev–Trinajstić information content (AvgIpc) is 2.39. The molecule has 0 bridgehead atoms. The van der Waals surface area contributed by atoms with Gasteiger partial charge in [-0.1, -0.05) is 38.2 Å². The van der Waals surface area contributed by atoms with E-state index in [0.29, 0.717) is 5.91 Å². The Balaban J connectivity index is 1.86. The fourth-order valence-corrected chi connectivity index (χ4v) is 2.57. The third-order valence-electron chi connectivity index (χ3n) is 3.76. The molecular weight excluding hydrogens is 222 g/mol. The molecule has 1 heterocycles. The molecule has 0 unspecified atom stereocenters. The van der Waals surface area contributed by atoms with Crippen LogP contribution in [0.25, 0.3) is 0 Å². The fraction of sp³-hybridized carbons (Fsp3) is 0.812. The second-order valence-electron chi connectivity index (χ2n) is 5.39. The lowest BCUT2D eigenvalue weighted by atomic mass is 10.1. The van der Waals surface area contributed by atoms with E-state index >= 15 is 0 Å². The van der Waals surface area contributed by atoms with E-state index in [4.69, 9.17) is 0 Å². The number of likely N-dealkylation sites (tertiary alicyclic amines) is 1. The van der Waals surface area contributed by atoms with E-state index in [1.807, 2.05) is 6.08 Å². The molecule has 0 N–H and O–H groups in total. The van der Waals surface area contributed by atoms with Gasteiger partial charge in [-0.25, -0.2) is 0 Å². The predicted molar refractivity (Wildman–Crippen MR) is 77.6 cm³/mol. The van der Waals surface area contributed by atoms with Gasteiger partial charge in [-0.15, -0.1) is 6.58 Å². The number of amides is 1. The van der Waals surface area contributed by atoms with Crippen LogP contribution in [0.4, 0.5) is 0 Å². The molecule has 104 valence electrons. The Hall–Kier alpha value is -0.790. The van der Waals surface area contributed by atoms with Gasteiger partial charge in [-0.3, -0.25) is 4.79 Å². The lowest BCUT2D eigenvalue weighted by Crippen LogP contribution is -2.35. The molecule has 1 saturated heterocycles. The van der Waals surface area contributed by atoms with E-state index in [-0.39, 0.29) is 0 Å². The minimum atomic E-state index is 0.380. The summed E-state index contributed by atoms with van der Waals surface area (Å²) in [5.41, 5.74) is 0. The van der Waals surface area contributed by atoms with Crippen molar-refractivity contribution in [2.75, 3.05) is 13.1 Å². The van der Waals surface area contributed by atoms with E-state index in [1.165, 1.54) is 51.4 Å². The van der Waals surface area contributed by atoms with Crippen molar-refractivity contribution in [2.24, 2.45) is 0 Å². The van der Waals surface area contributed by atoms with Crippen LogP contribution in [-0.4, -0.2) is 23.9 Å². The number of nitrogens with zero attached hydrogens (tertiary/aromatic N) is 1. The van der Waals surface area contributed by atoms with E-state index in [1.54, 1.807) is 0 Å². The second-order valence-corrected chi connectivity index (χ2v) is 5.39. The summed E-state index contributed by atoms with van der Waals surface area (Å²) in [6.07, 6.45) is 15.4. The van der Waals surface area contributed by atoms with Gasteiger partial charge >= 0.3 is 0 Å². The second kappa shape index (κ2) is 10.2. The van der Waals surface area contributed by atoms with Crippen LogP contribution in [0.5, 0.6) is 0 Å². The summed E-state index contributed by atoms with van der Waals surface area (Å²) in [4.78, 5) is 13.6. The SMILES string of the molecule is C=CCCCCCCCCCN1CCCCC1=O. The molecule has 1 fully saturated rings. The summed E-state index contributed by atoms with van der Waals surface area (Å²) >= 11 is 0. The molecule has 1 aliphatic rings. The van der Waals surface area contributed by atoms with Crippen molar-refractivity contribution in [1.29, 1.82) is 0 Å². The standard InChI is InChI=1S/C16H29NO/c1-2-3-4-5-6-7-8-9-11-14-17-15-12-10-13-16(17)18/h2H,1,3-15H2. The molecule has 18 heavy (non-hydrogen) atoms. The molecule has 0 saturated carbocycles. The van der Waals surface area contributed by atoms with Gasteiger partial charge in [0.25, 0.3) is 0 Å². The number of unbranched alkanes of at least 4 members (excludes halogenated alkanes) is 7. The molecule has 0 aromatic heterocycles. The zero-order chi connectivity index (χ0) is 13.1. The van der Waals surface area contributed by atoms with Gasteiger partial charge in [0.05, 0.1) is 0 Å². The third-order valence-corrected chi connectivity index (χ3v) is 3.76. The highest BCUT2D eigenvalue weighted by Crippen LogP contribution is 2.13. The Morgan fingerprint density at radius 1 is 1.00 bits per heavy atom.